The Labute approximate surface area is 90.5 Å². The van der Waals surface area contributed by atoms with Gasteiger partial charge in [-0.2, -0.15) is 0 Å². The molecule has 0 bridgehead atoms. The highest BCUT2D eigenvalue weighted by molar-refractivity contribution is 6.06. The van der Waals surface area contributed by atoms with E-state index >= 15 is 0 Å². The number of rotatable bonds is 1. The minimum absolute atomic E-state index is 0.0371. The summed E-state index contributed by atoms with van der Waals surface area (Å²) in [5.74, 6) is -0.712. The van der Waals surface area contributed by atoms with Crippen molar-refractivity contribution >= 4 is 11.8 Å². The quantitative estimate of drug-likeness (QED) is 0.378. The third-order valence-electron chi connectivity index (χ3n) is 3.13. The van der Waals surface area contributed by atoms with Crippen molar-refractivity contribution in [2.45, 2.75) is 40.7 Å². The van der Waals surface area contributed by atoms with Gasteiger partial charge in [-0.3, -0.25) is 9.59 Å². The Bertz CT molecular complexity index is 326. The SMILES string of the molecule is C/C=C(\C)[C@@H]1OC(=O)C(C)(C)C(=O)[C@H]1C. The number of ketones is 1. The molecule has 1 rings (SSSR count). The molecule has 84 valence electrons. The smallest absolute Gasteiger partial charge is 0.319 e. The third kappa shape index (κ3) is 1.83. The van der Waals surface area contributed by atoms with Crippen LogP contribution in [0.25, 0.3) is 0 Å². The van der Waals surface area contributed by atoms with Gasteiger partial charge in [-0.15, -0.1) is 0 Å². The van der Waals surface area contributed by atoms with Gasteiger partial charge in [0.05, 0.1) is 5.92 Å². The second-order valence-corrected chi connectivity index (χ2v) is 4.64. The first-order chi connectivity index (χ1) is 6.82. The van der Waals surface area contributed by atoms with Gasteiger partial charge in [-0.25, -0.2) is 0 Å². The number of carbonyl (C=O) groups excluding carboxylic acids is 2. The van der Waals surface area contributed by atoms with Crippen molar-refractivity contribution in [3.8, 4) is 0 Å². The number of Topliss-reactive ketones (excluding diaryl/α,β-unsaturated/α-hetero) is 1. The Balaban J connectivity index is 3.03. The van der Waals surface area contributed by atoms with Crippen molar-refractivity contribution in [1.29, 1.82) is 0 Å². The molecule has 0 aromatic heterocycles. The van der Waals surface area contributed by atoms with Gasteiger partial charge in [-0.1, -0.05) is 13.0 Å². The van der Waals surface area contributed by atoms with E-state index < -0.39 is 11.4 Å². The summed E-state index contributed by atoms with van der Waals surface area (Å²) >= 11 is 0. The number of hydrogen-bond acceptors (Lipinski definition) is 3. The monoisotopic (exact) mass is 210 g/mol. The van der Waals surface area contributed by atoms with Gasteiger partial charge >= 0.3 is 5.97 Å². The molecule has 3 nitrogen and oxygen atoms in total. The molecule has 0 aromatic carbocycles. The Morgan fingerprint density at radius 3 is 2.40 bits per heavy atom. The van der Waals surface area contributed by atoms with E-state index in [2.05, 4.69) is 0 Å². The minimum atomic E-state index is -0.996. The van der Waals surface area contributed by atoms with Crippen molar-refractivity contribution in [2.24, 2.45) is 11.3 Å². The van der Waals surface area contributed by atoms with Crippen LogP contribution in [-0.4, -0.2) is 17.9 Å². The highest BCUT2D eigenvalue weighted by atomic mass is 16.5. The number of hydrogen-bond donors (Lipinski definition) is 0. The molecule has 1 saturated heterocycles. The summed E-state index contributed by atoms with van der Waals surface area (Å²) in [6.07, 6.45) is 1.49. The average Bonchev–Trinajstić information content (AvgIpc) is 2.20. The van der Waals surface area contributed by atoms with Crippen LogP contribution in [0, 0.1) is 11.3 Å². The molecule has 2 atom stereocenters. The Kier molecular flexibility index (Phi) is 3.03. The van der Waals surface area contributed by atoms with Crippen molar-refractivity contribution in [3.63, 3.8) is 0 Å². The maximum Gasteiger partial charge on any atom is 0.319 e. The fraction of sp³-hybridized carbons (Fsp3) is 0.667. The van der Waals surface area contributed by atoms with Gasteiger partial charge in [0.2, 0.25) is 0 Å². The summed E-state index contributed by atoms with van der Waals surface area (Å²) in [4.78, 5) is 23.6. The van der Waals surface area contributed by atoms with Gasteiger partial charge in [-0.05, 0) is 33.3 Å². The number of ether oxygens (including phenoxy) is 1. The van der Waals surface area contributed by atoms with E-state index in [0.29, 0.717) is 0 Å². The van der Waals surface area contributed by atoms with E-state index in [9.17, 15) is 9.59 Å². The van der Waals surface area contributed by atoms with Crippen LogP contribution in [0.2, 0.25) is 0 Å². The van der Waals surface area contributed by atoms with Crippen LogP contribution < -0.4 is 0 Å². The van der Waals surface area contributed by atoms with Gasteiger partial charge < -0.3 is 4.74 Å². The first-order valence-corrected chi connectivity index (χ1v) is 5.20. The molecule has 0 radical (unpaired) electrons. The molecule has 1 fully saturated rings. The molecule has 0 spiro atoms. The molecule has 0 unspecified atom stereocenters. The van der Waals surface area contributed by atoms with Crippen LogP contribution in [0.15, 0.2) is 11.6 Å². The summed E-state index contributed by atoms with van der Waals surface area (Å²) in [6, 6.07) is 0. The minimum Gasteiger partial charge on any atom is -0.456 e. The van der Waals surface area contributed by atoms with Crippen LogP contribution in [0.4, 0.5) is 0 Å². The third-order valence-corrected chi connectivity index (χ3v) is 3.13. The predicted molar refractivity (Wildman–Crippen MR) is 57.3 cm³/mol. The van der Waals surface area contributed by atoms with E-state index in [1.54, 1.807) is 13.8 Å². The van der Waals surface area contributed by atoms with E-state index in [4.69, 9.17) is 4.74 Å². The van der Waals surface area contributed by atoms with E-state index in [0.717, 1.165) is 5.57 Å². The fourth-order valence-corrected chi connectivity index (χ4v) is 1.82. The Morgan fingerprint density at radius 1 is 1.40 bits per heavy atom. The summed E-state index contributed by atoms with van der Waals surface area (Å²) < 4.78 is 5.31. The number of esters is 1. The summed E-state index contributed by atoms with van der Waals surface area (Å²) in [5, 5.41) is 0. The zero-order valence-corrected chi connectivity index (χ0v) is 9.96. The lowest BCUT2D eigenvalue weighted by molar-refractivity contribution is -0.174. The van der Waals surface area contributed by atoms with Gasteiger partial charge in [0, 0.05) is 0 Å². The zero-order chi connectivity index (χ0) is 11.8. The maximum atomic E-state index is 12.0. The second-order valence-electron chi connectivity index (χ2n) is 4.64. The van der Waals surface area contributed by atoms with E-state index in [-0.39, 0.29) is 17.8 Å². The molecule has 0 N–H and O–H groups in total. The first kappa shape index (κ1) is 12.0. The topological polar surface area (TPSA) is 43.4 Å². The Morgan fingerprint density at radius 2 is 1.93 bits per heavy atom. The lowest BCUT2D eigenvalue weighted by atomic mass is 9.76. The molecule has 0 aromatic rings. The number of carbonyl (C=O) groups is 2. The molecule has 0 aliphatic carbocycles. The lowest BCUT2D eigenvalue weighted by Crippen LogP contribution is -2.50. The van der Waals surface area contributed by atoms with Crippen LogP contribution in [0.5, 0.6) is 0 Å². The van der Waals surface area contributed by atoms with Crippen molar-refractivity contribution in [1.82, 2.24) is 0 Å². The number of allylic oxidation sites excluding steroid dienone is 1. The molecule has 1 heterocycles. The zero-order valence-electron chi connectivity index (χ0n) is 9.96. The van der Waals surface area contributed by atoms with Gasteiger partial charge in [0.25, 0.3) is 0 Å². The standard InChI is InChI=1S/C12H18O3/c1-6-7(2)9-8(3)10(13)12(4,5)11(14)15-9/h6,8-9H,1-5H3/b7-6+/t8-,9-/m0/s1. The molecule has 0 saturated carbocycles. The molecular formula is C12H18O3. The maximum absolute atomic E-state index is 12.0. The first-order valence-electron chi connectivity index (χ1n) is 5.20. The average molecular weight is 210 g/mol. The van der Waals surface area contributed by atoms with Crippen molar-refractivity contribution < 1.29 is 14.3 Å². The van der Waals surface area contributed by atoms with Crippen molar-refractivity contribution in [3.05, 3.63) is 11.6 Å². The molecule has 15 heavy (non-hydrogen) atoms. The number of cyclic esters (lactones) is 1. The summed E-state index contributed by atoms with van der Waals surface area (Å²) in [7, 11) is 0. The normalized spacial score (nSPS) is 31.4. The molecule has 0 amide bonds. The molecular weight excluding hydrogens is 192 g/mol. The molecule has 3 heteroatoms. The van der Waals surface area contributed by atoms with Crippen molar-refractivity contribution in [2.75, 3.05) is 0 Å². The predicted octanol–water partition coefficient (Wildman–Crippen LogP) is 2.11. The largest absolute Gasteiger partial charge is 0.456 e. The van der Waals surface area contributed by atoms with Crippen LogP contribution in [0.1, 0.15) is 34.6 Å². The highest BCUT2D eigenvalue weighted by Gasteiger charge is 2.48. The highest BCUT2D eigenvalue weighted by Crippen LogP contribution is 2.34. The lowest BCUT2D eigenvalue weighted by Gasteiger charge is -2.36. The molecule has 1 aliphatic rings. The van der Waals surface area contributed by atoms with Gasteiger partial charge in [0.1, 0.15) is 11.5 Å². The van der Waals surface area contributed by atoms with Crippen LogP contribution >= 0.6 is 0 Å². The fourth-order valence-electron chi connectivity index (χ4n) is 1.82. The van der Waals surface area contributed by atoms with Crippen LogP contribution in [-0.2, 0) is 14.3 Å². The van der Waals surface area contributed by atoms with Crippen LogP contribution in [0.3, 0.4) is 0 Å². The molecule has 1 aliphatic heterocycles. The van der Waals surface area contributed by atoms with E-state index in [1.165, 1.54) is 0 Å². The summed E-state index contributed by atoms with van der Waals surface area (Å²) in [6.45, 7) is 8.80. The van der Waals surface area contributed by atoms with Gasteiger partial charge in [0.15, 0.2) is 5.78 Å². The summed E-state index contributed by atoms with van der Waals surface area (Å²) in [5.41, 5.74) is -0.0658. The Hall–Kier alpha value is -1.12. The van der Waals surface area contributed by atoms with E-state index in [1.807, 2.05) is 26.8 Å². The second kappa shape index (κ2) is 3.80.